The predicted octanol–water partition coefficient (Wildman–Crippen LogP) is 3.76. The van der Waals surface area contributed by atoms with Gasteiger partial charge in [-0.15, -0.1) is 0 Å². The first-order valence-corrected chi connectivity index (χ1v) is 9.61. The molecule has 0 bridgehead atoms. The molecule has 6 heteroatoms. The molecular weight excluding hydrogens is 366 g/mol. The van der Waals surface area contributed by atoms with E-state index in [1.165, 1.54) is 0 Å². The van der Waals surface area contributed by atoms with Gasteiger partial charge in [-0.25, -0.2) is 0 Å². The normalized spacial score (nSPS) is 10.6. The molecule has 0 aliphatic rings. The Morgan fingerprint density at radius 2 is 1.86 bits per heavy atom. The van der Waals surface area contributed by atoms with Crippen LogP contribution < -0.4 is 10.9 Å². The number of nitrogens with one attached hydrogen (secondary N) is 1. The van der Waals surface area contributed by atoms with Crippen molar-refractivity contribution in [3.05, 3.63) is 87.3 Å². The van der Waals surface area contributed by atoms with E-state index in [0.717, 1.165) is 22.4 Å². The molecule has 29 heavy (non-hydrogen) atoms. The van der Waals surface area contributed by atoms with Crippen LogP contribution >= 0.6 is 0 Å². The fraction of sp³-hybridized carbons (Fsp3) is 0.261. The smallest absolute Gasteiger partial charge is 0.310 e. The van der Waals surface area contributed by atoms with Gasteiger partial charge >= 0.3 is 5.97 Å². The van der Waals surface area contributed by atoms with Gasteiger partial charge in [-0.05, 0) is 43.5 Å². The lowest BCUT2D eigenvalue weighted by molar-refractivity contribution is -0.142. The van der Waals surface area contributed by atoms with Crippen molar-refractivity contribution < 1.29 is 9.53 Å². The second kappa shape index (κ2) is 9.19. The maximum absolute atomic E-state index is 12.6. The van der Waals surface area contributed by atoms with E-state index < -0.39 is 11.5 Å². The number of nitrogens with zero attached hydrogens (tertiary/aromatic N) is 2. The lowest BCUT2D eigenvalue weighted by Gasteiger charge is -2.17. The summed E-state index contributed by atoms with van der Waals surface area (Å²) < 4.78 is 6.84. The average molecular weight is 391 g/mol. The summed E-state index contributed by atoms with van der Waals surface area (Å²) in [6.45, 7) is 6.58. The molecule has 0 atom stereocenters. The molecule has 0 amide bonds. The summed E-state index contributed by atoms with van der Waals surface area (Å²) in [5, 5.41) is 3.28. The molecule has 3 rings (SSSR count). The molecular formula is C23H25N3O3. The standard InChI is InChI=1S/C23H25N3O3/c1-4-29-21(27)13-19-15-26(14-18-10-6-5-7-11-18)23(25-22(19)28)24-20-12-8-9-16(2)17(20)3/h5-12,15H,4,13-14H2,1-3H3,(H,24,25,28). The number of benzene rings is 2. The van der Waals surface area contributed by atoms with E-state index in [1.807, 2.05) is 66.9 Å². The quantitative estimate of drug-likeness (QED) is 0.621. The number of ether oxygens (including phenoxy) is 1. The Hall–Kier alpha value is -3.41. The van der Waals surface area contributed by atoms with Gasteiger partial charge in [0.2, 0.25) is 5.95 Å². The average Bonchev–Trinajstić information content (AvgIpc) is 2.70. The third-order valence-electron chi connectivity index (χ3n) is 4.75. The van der Waals surface area contributed by atoms with E-state index in [0.29, 0.717) is 18.1 Å². The highest BCUT2D eigenvalue weighted by Gasteiger charge is 2.14. The zero-order chi connectivity index (χ0) is 20.8. The van der Waals surface area contributed by atoms with Gasteiger partial charge in [-0.2, -0.15) is 4.98 Å². The van der Waals surface area contributed by atoms with Crippen LogP contribution in [0.1, 0.15) is 29.2 Å². The third-order valence-corrected chi connectivity index (χ3v) is 4.75. The lowest BCUT2D eigenvalue weighted by atomic mass is 10.1. The number of hydrogen-bond acceptors (Lipinski definition) is 5. The van der Waals surface area contributed by atoms with Gasteiger partial charge in [0.25, 0.3) is 5.56 Å². The highest BCUT2D eigenvalue weighted by Crippen LogP contribution is 2.22. The highest BCUT2D eigenvalue weighted by molar-refractivity contribution is 5.72. The molecule has 6 nitrogen and oxygen atoms in total. The van der Waals surface area contributed by atoms with E-state index in [-0.39, 0.29) is 13.0 Å². The number of carbonyl (C=O) groups is 1. The van der Waals surface area contributed by atoms with Gasteiger partial charge < -0.3 is 14.6 Å². The van der Waals surface area contributed by atoms with E-state index >= 15 is 0 Å². The molecule has 0 unspecified atom stereocenters. The zero-order valence-corrected chi connectivity index (χ0v) is 16.9. The van der Waals surface area contributed by atoms with Crippen molar-refractivity contribution in [2.75, 3.05) is 11.9 Å². The third kappa shape index (κ3) is 5.10. The van der Waals surface area contributed by atoms with Gasteiger partial charge in [0.05, 0.1) is 19.6 Å². The molecule has 150 valence electrons. The minimum Gasteiger partial charge on any atom is -0.466 e. The number of hydrogen-bond donors (Lipinski definition) is 1. The van der Waals surface area contributed by atoms with Crippen LogP contribution in [0.15, 0.2) is 59.5 Å². The van der Waals surface area contributed by atoms with Crippen LogP contribution in [-0.4, -0.2) is 22.1 Å². The number of carbonyl (C=O) groups excluding carboxylic acids is 1. The monoisotopic (exact) mass is 391 g/mol. The van der Waals surface area contributed by atoms with Crippen LogP contribution in [0.2, 0.25) is 0 Å². The fourth-order valence-electron chi connectivity index (χ4n) is 3.03. The topological polar surface area (TPSA) is 73.2 Å². The Morgan fingerprint density at radius 3 is 2.59 bits per heavy atom. The van der Waals surface area contributed by atoms with Crippen molar-refractivity contribution in [2.24, 2.45) is 0 Å². The molecule has 1 aromatic heterocycles. The summed E-state index contributed by atoms with van der Waals surface area (Å²) in [6.07, 6.45) is 1.59. The second-order valence-corrected chi connectivity index (χ2v) is 6.86. The Labute approximate surface area is 170 Å². The van der Waals surface area contributed by atoms with E-state index in [9.17, 15) is 9.59 Å². The van der Waals surface area contributed by atoms with Crippen molar-refractivity contribution in [1.29, 1.82) is 0 Å². The first kappa shape index (κ1) is 20.3. The summed E-state index contributed by atoms with van der Waals surface area (Å²) >= 11 is 0. The lowest BCUT2D eigenvalue weighted by Crippen LogP contribution is -2.23. The fourth-order valence-corrected chi connectivity index (χ4v) is 3.03. The SMILES string of the molecule is CCOC(=O)Cc1cn(Cc2ccccc2)c(Nc2cccc(C)c2C)nc1=O. The Balaban J connectivity index is 2.01. The summed E-state index contributed by atoms with van der Waals surface area (Å²) in [5.41, 5.74) is 4.05. The van der Waals surface area contributed by atoms with Crippen LogP contribution in [0.5, 0.6) is 0 Å². The maximum Gasteiger partial charge on any atom is 0.310 e. The minimum absolute atomic E-state index is 0.0990. The van der Waals surface area contributed by atoms with Crippen molar-refractivity contribution >= 4 is 17.6 Å². The zero-order valence-electron chi connectivity index (χ0n) is 16.9. The summed E-state index contributed by atoms with van der Waals surface area (Å²) in [7, 11) is 0. The minimum atomic E-state index is -0.437. The van der Waals surface area contributed by atoms with Gasteiger partial charge in [0.1, 0.15) is 0 Å². The summed E-state index contributed by atoms with van der Waals surface area (Å²) in [5.74, 6) is -0.00643. The number of rotatable bonds is 7. The van der Waals surface area contributed by atoms with E-state index in [2.05, 4.69) is 10.3 Å². The molecule has 0 saturated carbocycles. The van der Waals surface area contributed by atoms with Crippen LogP contribution in [0.3, 0.4) is 0 Å². The van der Waals surface area contributed by atoms with Crippen molar-refractivity contribution in [3.63, 3.8) is 0 Å². The number of aromatic nitrogens is 2. The van der Waals surface area contributed by atoms with Crippen LogP contribution in [-0.2, 0) is 22.5 Å². The molecule has 0 fully saturated rings. The molecule has 3 aromatic rings. The molecule has 0 aliphatic carbocycles. The Bertz CT molecular complexity index is 1060. The van der Waals surface area contributed by atoms with E-state index in [4.69, 9.17) is 4.74 Å². The van der Waals surface area contributed by atoms with Gasteiger partial charge in [-0.1, -0.05) is 42.5 Å². The molecule has 0 saturated heterocycles. The van der Waals surface area contributed by atoms with Gasteiger partial charge in [0, 0.05) is 17.4 Å². The van der Waals surface area contributed by atoms with Gasteiger partial charge in [0.15, 0.2) is 0 Å². The van der Waals surface area contributed by atoms with Crippen molar-refractivity contribution in [3.8, 4) is 0 Å². The maximum atomic E-state index is 12.6. The molecule has 2 aromatic carbocycles. The van der Waals surface area contributed by atoms with Crippen LogP contribution in [0.4, 0.5) is 11.6 Å². The largest absolute Gasteiger partial charge is 0.466 e. The number of esters is 1. The number of aryl methyl sites for hydroxylation is 1. The molecule has 0 radical (unpaired) electrons. The molecule has 0 spiro atoms. The number of anilines is 2. The summed E-state index contributed by atoms with van der Waals surface area (Å²) in [4.78, 5) is 28.7. The van der Waals surface area contributed by atoms with Gasteiger partial charge in [-0.3, -0.25) is 9.59 Å². The molecule has 1 heterocycles. The second-order valence-electron chi connectivity index (χ2n) is 6.86. The highest BCUT2D eigenvalue weighted by atomic mass is 16.5. The van der Waals surface area contributed by atoms with Crippen LogP contribution in [0, 0.1) is 13.8 Å². The first-order valence-electron chi connectivity index (χ1n) is 9.61. The van der Waals surface area contributed by atoms with E-state index in [1.54, 1.807) is 13.1 Å². The summed E-state index contributed by atoms with van der Waals surface area (Å²) in [6, 6.07) is 15.8. The molecule has 0 aliphatic heterocycles. The van der Waals surface area contributed by atoms with Crippen molar-refractivity contribution in [2.45, 2.75) is 33.7 Å². The van der Waals surface area contributed by atoms with Crippen molar-refractivity contribution in [1.82, 2.24) is 9.55 Å². The molecule has 1 N–H and O–H groups in total. The Kier molecular flexibility index (Phi) is 6.44. The van der Waals surface area contributed by atoms with Crippen LogP contribution in [0.25, 0.3) is 0 Å². The first-order chi connectivity index (χ1) is 14.0. The predicted molar refractivity (Wildman–Crippen MR) is 114 cm³/mol. The Morgan fingerprint density at radius 1 is 1.10 bits per heavy atom.